The van der Waals surface area contributed by atoms with E-state index in [1.807, 2.05) is 30.3 Å². The zero-order valence-electron chi connectivity index (χ0n) is 23.1. The number of nitrogens with two attached hydrogens (primary N) is 1. The highest BCUT2D eigenvalue weighted by molar-refractivity contribution is 6.06. The van der Waals surface area contributed by atoms with Crippen molar-refractivity contribution >= 4 is 17.9 Å². The number of nitrogens with zero attached hydrogens (tertiary/aromatic N) is 3. The summed E-state index contributed by atoms with van der Waals surface area (Å²) in [7, 11) is 1.74. The van der Waals surface area contributed by atoms with Crippen molar-refractivity contribution in [3.05, 3.63) is 54.9 Å². The fourth-order valence-electron chi connectivity index (χ4n) is 6.65. The molecule has 5 rings (SSSR count). The Morgan fingerprint density at radius 2 is 1.72 bits per heavy atom. The van der Waals surface area contributed by atoms with Gasteiger partial charge in [0.25, 0.3) is 5.91 Å². The van der Waals surface area contributed by atoms with Crippen molar-refractivity contribution in [2.45, 2.75) is 88.6 Å². The van der Waals surface area contributed by atoms with E-state index >= 15 is 0 Å². The lowest BCUT2D eigenvalue weighted by Crippen LogP contribution is -2.54. The number of rotatable bonds is 8. The maximum absolute atomic E-state index is 13.4. The molecule has 1 aromatic heterocycles. The van der Waals surface area contributed by atoms with Crippen molar-refractivity contribution in [2.24, 2.45) is 22.6 Å². The lowest BCUT2D eigenvalue weighted by molar-refractivity contribution is -0.572. The van der Waals surface area contributed by atoms with E-state index in [9.17, 15) is 9.59 Å². The second-order valence-corrected chi connectivity index (χ2v) is 11.6. The molecule has 3 N–H and O–H groups in total. The molecule has 0 unspecified atom stereocenters. The van der Waals surface area contributed by atoms with Crippen LogP contribution in [0, 0.1) is 11.8 Å². The molecule has 2 saturated carbocycles. The van der Waals surface area contributed by atoms with E-state index in [0.29, 0.717) is 30.0 Å². The molecule has 3 aliphatic rings. The fourth-order valence-corrected chi connectivity index (χ4v) is 6.65. The van der Waals surface area contributed by atoms with Gasteiger partial charge in [-0.25, -0.2) is 10.3 Å². The van der Waals surface area contributed by atoms with Gasteiger partial charge in [-0.3, -0.25) is 9.69 Å². The third kappa shape index (κ3) is 6.60. The second-order valence-electron chi connectivity index (χ2n) is 11.6. The second kappa shape index (κ2) is 12.2. The number of likely N-dealkylation sites (N-methyl/N-ethyl adjacent to an activating group) is 1. The Morgan fingerprint density at radius 3 is 2.41 bits per heavy atom. The van der Waals surface area contributed by atoms with E-state index in [1.54, 1.807) is 36.1 Å². The van der Waals surface area contributed by atoms with Crippen LogP contribution in [0.1, 0.15) is 77.0 Å². The van der Waals surface area contributed by atoms with Gasteiger partial charge in [0.2, 0.25) is 0 Å². The van der Waals surface area contributed by atoms with Gasteiger partial charge in [-0.05, 0) is 62.5 Å². The van der Waals surface area contributed by atoms with Crippen LogP contribution in [0.5, 0.6) is 11.5 Å². The number of hydrogen-bond acceptors (Lipinski definition) is 5. The summed E-state index contributed by atoms with van der Waals surface area (Å²) in [6.45, 7) is 0. The molecule has 0 radical (unpaired) electrons. The highest BCUT2D eigenvalue weighted by Gasteiger charge is 2.48. The maximum Gasteiger partial charge on any atom is 0.495 e. The average Bonchev–Trinajstić information content (AvgIpc) is 3.17. The smallest absolute Gasteiger partial charge is 0.457 e. The van der Waals surface area contributed by atoms with Crippen molar-refractivity contribution in [1.29, 1.82) is 0 Å². The number of aromatic nitrogens is 1. The molecular weight excluding hydrogens is 490 g/mol. The van der Waals surface area contributed by atoms with Crippen LogP contribution in [0.25, 0.3) is 0 Å². The molecule has 8 nitrogen and oxygen atoms in total. The van der Waals surface area contributed by atoms with Crippen molar-refractivity contribution < 1.29 is 18.9 Å². The first-order chi connectivity index (χ1) is 18.9. The molecule has 2 amide bonds. The number of nitrogens with one attached hydrogen (secondary N) is 1. The van der Waals surface area contributed by atoms with Crippen LogP contribution in [-0.4, -0.2) is 41.4 Å². The zero-order chi connectivity index (χ0) is 27.2. The zero-order valence-corrected chi connectivity index (χ0v) is 23.1. The molecule has 3 atom stereocenters. The van der Waals surface area contributed by atoms with Crippen LogP contribution in [0.4, 0.5) is 4.79 Å². The van der Waals surface area contributed by atoms with Gasteiger partial charge in [0, 0.05) is 19.2 Å². The highest BCUT2D eigenvalue weighted by Crippen LogP contribution is 2.40. The predicted molar refractivity (Wildman–Crippen MR) is 150 cm³/mol. The summed E-state index contributed by atoms with van der Waals surface area (Å²) in [4.78, 5) is 32.8. The summed E-state index contributed by atoms with van der Waals surface area (Å²) in [5.74, 6) is 2.80. The summed E-state index contributed by atoms with van der Waals surface area (Å²) >= 11 is 0. The largest absolute Gasteiger partial charge is 0.495 e. The Hall–Kier alpha value is -3.42. The van der Waals surface area contributed by atoms with Crippen molar-refractivity contribution in [1.82, 2.24) is 10.2 Å². The topological polar surface area (TPSA) is 101 Å². The van der Waals surface area contributed by atoms with E-state index in [4.69, 9.17) is 15.5 Å². The molecule has 8 heteroatoms. The molecule has 1 aliphatic heterocycles. The van der Waals surface area contributed by atoms with Gasteiger partial charge in [-0.15, -0.1) is 0 Å². The van der Waals surface area contributed by atoms with Crippen molar-refractivity contribution in [3.8, 4) is 11.5 Å². The van der Waals surface area contributed by atoms with Gasteiger partial charge >= 0.3 is 6.03 Å². The van der Waals surface area contributed by atoms with E-state index in [-0.39, 0.29) is 18.0 Å². The molecule has 39 heavy (non-hydrogen) atoms. The Labute approximate surface area is 231 Å². The first-order valence-corrected chi connectivity index (χ1v) is 14.6. The predicted octanol–water partition coefficient (Wildman–Crippen LogP) is 5.16. The third-order valence-corrected chi connectivity index (χ3v) is 8.81. The standard InChI is InChI=1S/C31H41N5O3/c1-35-28(37)31(34-29(35)32,18-15-23-9-4-2-5-10-23)22-24-11-8-12-25(21-24)33-30(38)36-19-16-27(17-20-36)39-26-13-6-3-7-14-26/h3,6-7,13-14,16-17,19-20,23-25H,2,4-5,8-12,15,18,21-22H2,1H3,(H2-,32,33,34,38)/p+1/t24-,25+,31+/m0/s1. The summed E-state index contributed by atoms with van der Waals surface area (Å²) in [6, 6.07) is 13.1. The molecule has 1 aromatic carbocycles. The highest BCUT2D eigenvalue weighted by atomic mass is 16.5. The van der Waals surface area contributed by atoms with Gasteiger partial charge in [-0.2, -0.15) is 9.36 Å². The number of carbonyl (C=O) groups excluding carboxylic acids is 2. The van der Waals surface area contributed by atoms with Gasteiger partial charge in [-0.1, -0.05) is 56.7 Å². The van der Waals surface area contributed by atoms with Crippen molar-refractivity contribution in [2.75, 3.05) is 7.05 Å². The van der Waals surface area contributed by atoms with Crippen LogP contribution in [0.2, 0.25) is 0 Å². The maximum atomic E-state index is 13.4. The summed E-state index contributed by atoms with van der Waals surface area (Å²) in [5.41, 5.74) is 5.40. The minimum atomic E-state index is -0.754. The SMILES string of the molecule is CN1C(=O)[C@@](CCC2CCCCC2)(C[C@H]2CCC[C@@H](NC(=O)[n+]3ccc(Oc4ccccc4)cc3)C2)N=C1N. The van der Waals surface area contributed by atoms with E-state index < -0.39 is 5.54 Å². The molecule has 0 spiro atoms. The number of aliphatic imine (C=N–C) groups is 1. The number of benzene rings is 1. The first kappa shape index (κ1) is 27.2. The van der Waals surface area contributed by atoms with E-state index in [0.717, 1.165) is 44.3 Å². The Balaban J connectivity index is 1.19. The summed E-state index contributed by atoms with van der Waals surface area (Å²) in [5, 5.41) is 3.21. The molecule has 2 aliphatic carbocycles. The van der Waals surface area contributed by atoms with Crippen molar-refractivity contribution in [3.63, 3.8) is 0 Å². The Morgan fingerprint density at radius 1 is 1.03 bits per heavy atom. The Kier molecular flexibility index (Phi) is 8.48. The van der Waals surface area contributed by atoms with Crippen LogP contribution in [-0.2, 0) is 4.79 Å². The summed E-state index contributed by atoms with van der Waals surface area (Å²) in [6.07, 6.45) is 16.2. The number of ether oxygens (including phenoxy) is 1. The van der Waals surface area contributed by atoms with Gasteiger partial charge in [0.1, 0.15) is 29.4 Å². The van der Waals surface area contributed by atoms with Crippen LogP contribution < -0.4 is 20.4 Å². The normalized spacial score (nSPS) is 25.8. The molecule has 2 fully saturated rings. The van der Waals surface area contributed by atoms with E-state index in [2.05, 4.69) is 5.32 Å². The summed E-state index contributed by atoms with van der Waals surface area (Å²) < 4.78 is 7.39. The Bertz CT molecular complexity index is 1160. The average molecular weight is 533 g/mol. The van der Waals surface area contributed by atoms with Crippen LogP contribution in [0.15, 0.2) is 59.9 Å². The first-order valence-electron chi connectivity index (χ1n) is 14.6. The van der Waals surface area contributed by atoms with E-state index in [1.165, 1.54) is 37.0 Å². The molecular formula is C31H42N5O3+. The van der Waals surface area contributed by atoms with Gasteiger partial charge in [0.05, 0.1) is 6.04 Å². The van der Waals surface area contributed by atoms with Gasteiger partial charge < -0.3 is 10.5 Å². The number of carbonyl (C=O) groups is 2. The number of guanidine groups is 1. The molecule has 2 aromatic rings. The number of para-hydroxylation sites is 1. The minimum Gasteiger partial charge on any atom is -0.457 e. The van der Waals surface area contributed by atoms with Gasteiger partial charge in [0.15, 0.2) is 5.96 Å². The third-order valence-electron chi connectivity index (χ3n) is 8.81. The minimum absolute atomic E-state index is 0.0373. The fraction of sp³-hybridized carbons (Fsp3) is 0.548. The molecule has 2 heterocycles. The monoisotopic (exact) mass is 532 g/mol. The lowest BCUT2D eigenvalue weighted by atomic mass is 9.74. The van der Waals surface area contributed by atoms with Crippen LogP contribution >= 0.6 is 0 Å². The molecule has 0 saturated heterocycles. The quantitative estimate of drug-likeness (QED) is 0.459. The number of hydrogen-bond donors (Lipinski definition) is 2. The van der Waals surface area contributed by atoms with Crippen LogP contribution in [0.3, 0.4) is 0 Å². The molecule has 208 valence electrons. The molecule has 0 bridgehead atoms. The lowest BCUT2D eigenvalue weighted by Gasteiger charge is -2.34. The number of pyridine rings is 1. The number of amides is 2.